The van der Waals surface area contributed by atoms with Gasteiger partial charge in [0.05, 0.1) is 12.2 Å². The average molecular weight is 439 g/mol. The third kappa shape index (κ3) is 12.7. The fraction of sp³-hybridized carbons (Fsp3) is 0.222. The molecule has 10 heteroatoms. The van der Waals surface area contributed by atoms with E-state index in [1.54, 1.807) is 24.3 Å². The number of phenolic OH excluding ortho intramolecular Hbond substituents is 2. The van der Waals surface area contributed by atoms with E-state index < -0.39 is 24.0 Å². The second-order valence-electron chi connectivity index (χ2n) is 5.50. The van der Waals surface area contributed by atoms with Crippen molar-refractivity contribution in [2.24, 2.45) is 0 Å². The van der Waals surface area contributed by atoms with E-state index in [4.69, 9.17) is 31.2 Å². The summed E-state index contributed by atoms with van der Waals surface area (Å²) in [7, 11) is 0. The minimum atomic E-state index is -1.27. The van der Waals surface area contributed by atoms with Crippen molar-refractivity contribution < 1.29 is 133 Å². The van der Waals surface area contributed by atoms with Crippen LogP contribution in [0.15, 0.2) is 48.5 Å². The SMILES string of the molecule is N=C([O-])C(O)Cc1ccc(O)cc1.N=C([O-])C(O)Cc1ccc(O)cc1.[K+].[K+]. The number of aliphatic hydroxyl groups excluding tert-OH is 2. The molecule has 0 radical (unpaired) electrons. The Bertz CT molecular complexity index is 662. The van der Waals surface area contributed by atoms with Crippen molar-refractivity contribution >= 4 is 11.8 Å². The van der Waals surface area contributed by atoms with Gasteiger partial charge in [-0.2, -0.15) is 0 Å². The zero-order valence-corrected chi connectivity index (χ0v) is 22.0. The van der Waals surface area contributed by atoms with Gasteiger partial charge < -0.3 is 41.5 Å². The maximum Gasteiger partial charge on any atom is 1.00 e. The number of hydrogen-bond acceptors (Lipinski definition) is 8. The molecular weight excluding hydrogens is 418 g/mol. The predicted octanol–water partition coefficient (Wildman–Crippen LogP) is -6.73. The first-order chi connectivity index (χ1) is 12.2. The zero-order valence-electron chi connectivity index (χ0n) is 15.8. The van der Waals surface area contributed by atoms with Crippen LogP contribution in [0.2, 0.25) is 0 Å². The molecule has 28 heavy (non-hydrogen) atoms. The fourth-order valence-corrected chi connectivity index (χ4v) is 1.90. The molecule has 140 valence electrons. The molecule has 0 aliphatic heterocycles. The molecule has 0 saturated heterocycles. The zero-order chi connectivity index (χ0) is 19.7. The first kappa shape index (κ1) is 30.4. The molecular formula is C18H20K2N2O6. The number of phenols is 2. The van der Waals surface area contributed by atoms with Gasteiger partial charge >= 0.3 is 103 Å². The normalized spacial score (nSPS) is 11.5. The van der Waals surface area contributed by atoms with Crippen molar-refractivity contribution in [3.8, 4) is 11.5 Å². The summed E-state index contributed by atoms with van der Waals surface area (Å²) in [5.74, 6) is -1.72. The second kappa shape index (κ2) is 15.9. The maximum absolute atomic E-state index is 10.4. The molecule has 6 N–H and O–H groups in total. The molecule has 0 spiro atoms. The second-order valence-corrected chi connectivity index (χ2v) is 5.50. The van der Waals surface area contributed by atoms with Gasteiger partial charge in [0, 0.05) is 12.8 Å². The van der Waals surface area contributed by atoms with E-state index in [1.165, 1.54) is 24.3 Å². The number of benzene rings is 2. The van der Waals surface area contributed by atoms with Crippen LogP contribution >= 0.6 is 0 Å². The molecule has 0 bridgehead atoms. The van der Waals surface area contributed by atoms with Gasteiger partial charge in [-0.1, -0.05) is 24.3 Å². The first-order valence-corrected chi connectivity index (χ1v) is 7.62. The minimum Gasteiger partial charge on any atom is -0.860 e. The van der Waals surface area contributed by atoms with Crippen molar-refractivity contribution in [2.75, 3.05) is 0 Å². The van der Waals surface area contributed by atoms with Gasteiger partial charge in [0.15, 0.2) is 0 Å². The molecule has 0 fully saturated rings. The Balaban J connectivity index is 0. The van der Waals surface area contributed by atoms with Crippen LogP contribution < -0.4 is 113 Å². The maximum atomic E-state index is 10.4. The van der Waals surface area contributed by atoms with E-state index in [0.29, 0.717) is 11.1 Å². The van der Waals surface area contributed by atoms with Crippen LogP contribution in [0.3, 0.4) is 0 Å². The topological polar surface area (TPSA) is 175 Å². The van der Waals surface area contributed by atoms with E-state index >= 15 is 0 Å². The molecule has 0 heterocycles. The Morgan fingerprint density at radius 3 is 1.14 bits per heavy atom. The summed E-state index contributed by atoms with van der Waals surface area (Å²) in [6.07, 6.45) is -2.32. The monoisotopic (exact) mass is 438 g/mol. The van der Waals surface area contributed by atoms with Gasteiger partial charge in [0.1, 0.15) is 11.5 Å². The summed E-state index contributed by atoms with van der Waals surface area (Å²) in [6.45, 7) is 0. The van der Waals surface area contributed by atoms with E-state index in [9.17, 15) is 10.2 Å². The standard InChI is InChI=1S/2C9H11NO3.2K/c2*10-9(13)8(12)5-6-1-3-7(11)4-2-6;;/h2*1-4,8,11-12H,5H2,(H2,10,13);;/q;;2*+1/p-2. The molecule has 0 saturated carbocycles. The Morgan fingerprint density at radius 1 is 0.679 bits per heavy atom. The van der Waals surface area contributed by atoms with E-state index in [2.05, 4.69) is 0 Å². The summed E-state index contributed by atoms with van der Waals surface area (Å²) in [4.78, 5) is 0. The fourth-order valence-electron chi connectivity index (χ4n) is 1.90. The van der Waals surface area contributed by atoms with Crippen molar-refractivity contribution in [3.63, 3.8) is 0 Å². The summed E-state index contributed by atoms with van der Waals surface area (Å²) in [5.41, 5.74) is 1.43. The molecule has 0 amide bonds. The van der Waals surface area contributed by atoms with Gasteiger partial charge in [-0.05, 0) is 47.2 Å². The number of aromatic hydroxyl groups is 2. The van der Waals surface area contributed by atoms with Crippen LogP contribution in [0.5, 0.6) is 11.5 Å². The smallest absolute Gasteiger partial charge is 0.860 e. The van der Waals surface area contributed by atoms with Crippen molar-refractivity contribution in [1.29, 1.82) is 10.8 Å². The van der Waals surface area contributed by atoms with Crippen LogP contribution in [0.1, 0.15) is 11.1 Å². The summed E-state index contributed by atoms with van der Waals surface area (Å²) in [6, 6.07) is 12.3. The molecule has 0 aliphatic rings. The Morgan fingerprint density at radius 2 is 0.929 bits per heavy atom. The molecule has 8 nitrogen and oxygen atoms in total. The van der Waals surface area contributed by atoms with Crippen LogP contribution in [0, 0.1) is 10.8 Å². The van der Waals surface area contributed by atoms with Gasteiger partial charge in [0.2, 0.25) is 0 Å². The number of rotatable bonds is 6. The largest absolute Gasteiger partial charge is 1.00 e. The number of hydrogen-bond donors (Lipinski definition) is 6. The van der Waals surface area contributed by atoms with Crippen LogP contribution in [-0.4, -0.2) is 44.4 Å². The Hall–Kier alpha value is 0.173. The number of aliphatic hydroxyl groups is 2. The summed E-state index contributed by atoms with van der Waals surface area (Å²) in [5, 5.41) is 70.0. The molecule has 2 unspecified atom stereocenters. The molecule has 0 aromatic heterocycles. The number of nitrogens with one attached hydrogen (secondary N) is 2. The van der Waals surface area contributed by atoms with Crippen molar-refractivity contribution in [3.05, 3.63) is 59.7 Å². The predicted molar refractivity (Wildman–Crippen MR) is 91.1 cm³/mol. The van der Waals surface area contributed by atoms with Gasteiger partial charge in [-0.15, -0.1) is 0 Å². The van der Waals surface area contributed by atoms with Crippen LogP contribution in [-0.2, 0) is 12.8 Å². The third-order valence-electron chi connectivity index (χ3n) is 3.34. The Kier molecular flexibility index (Phi) is 17.3. The van der Waals surface area contributed by atoms with E-state index in [1.807, 2.05) is 0 Å². The minimum absolute atomic E-state index is 0. The van der Waals surface area contributed by atoms with Gasteiger partial charge in [0.25, 0.3) is 0 Å². The van der Waals surface area contributed by atoms with Gasteiger partial charge in [-0.25, -0.2) is 0 Å². The Labute approximate surface area is 248 Å². The molecule has 2 atom stereocenters. The molecule has 2 rings (SSSR count). The van der Waals surface area contributed by atoms with Crippen molar-refractivity contribution in [1.82, 2.24) is 0 Å². The van der Waals surface area contributed by atoms with Gasteiger partial charge in [-0.3, -0.25) is 0 Å². The van der Waals surface area contributed by atoms with E-state index in [0.717, 1.165) is 0 Å². The van der Waals surface area contributed by atoms with Crippen molar-refractivity contribution in [2.45, 2.75) is 25.0 Å². The summed E-state index contributed by atoms with van der Waals surface area (Å²) < 4.78 is 0. The average Bonchev–Trinajstić information content (AvgIpc) is 2.59. The molecule has 0 aliphatic carbocycles. The molecule has 2 aromatic carbocycles. The first-order valence-electron chi connectivity index (χ1n) is 7.62. The van der Waals surface area contributed by atoms with Crippen LogP contribution in [0.4, 0.5) is 0 Å². The molecule has 2 aromatic rings. The summed E-state index contributed by atoms with van der Waals surface area (Å²) >= 11 is 0. The quantitative estimate of drug-likeness (QED) is 0.148. The van der Waals surface area contributed by atoms with Crippen LogP contribution in [0.25, 0.3) is 0 Å². The third-order valence-corrected chi connectivity index (χ3v) is 3.34. The van der Waals surface area contributed by atoms with E-state index in [-0.39, 0.29) is 127 Å².